The van der Waals surface area contributed by atoms with E-state index in [1.165, 1.54) is 23.3 Å². The van der Waals surface area contributed by atoms with E-state index < -0.39 is 11.7 Å². The number of halogens is 3. The maximum Gasteiger partial charge on any atom is 0.416 e. The van der Waals surface area contributed by atoms with Crippen molar-refractivity contribution in [3.8, 4) is 0 Å². The Labute approximate surface area is 244 Å². The molecule has 0 spiro atoms. The average Bonchev–Trinajstić information content (AvgIpc) is 3.42. The summed E-state index contributed by atoms with van der Waals surface area (Å²) in [5, 5.41) is 0. The van der Waals surface area contributed by atoms with Crippen LogP contribution in [0, 0.1) is 6.92 Å². The quantitative estimate of drug-likeness (QED) is 0.406. The van der Waals surface area contributed by atoms with Crippen LogP contribution in [0.15, 0.2) is 59.9 Å². The number of carbonyl (C=O) groups excluding carboxylic acids is 1. The zero-order chi connectivity index (χ0) is 29.3. The number of piperidine rings is 1. The lowest BCUT2D eigenvalue weighted by Gasteiger charge is -2.34. The van der Waals surface area contributed by atoms with Gasteiger partial charge in [-0.2, -0.15) is 13.2 Å². The van der Waals surface area contributed by atoms with Crippen LogP contribution in [0.25, 0.3) is 0 Å². The van der Waals surface area contributed by atoms with Crippen molar-refractivity contribution in [2.75, 3.05) is 39.3 Å². The van der Waals surface area contributed by atoms with Crippen molar-refractivity contribution >= 4 is 17.4 Å². The predicted molar refractivity (Wildman–Crippen MR) is 155 cm³/mol. The first-order valence-electron chi connectivity index (χ1n) is 14.6. The van der Waals surface area contributed by atoms with Gasteiger partial charge in [0.25, 0.3) is 5.91 Å². The highest BCUT2D eigenvalue weighted by atomic mass is 19.4. The minimum absolute atomic E-state index is 0.0531. The van der Waals surface area contributed by atoms with E-state index in [9.17, 15) is 18.0 Å². The molecule has 1 aromatic carbocycles. The Morgan fingerprint density at radius 1 is 0.857 bits per heavy atom. The van der Waals surface area contributed by atoms with Crippen LogP contribution in [0.4, 0.5) is 19.0 Å². The molecule has 42 heavy (non-hydrogen) atoms. The van der Waals surface area contributed by atoms with Crippen molar-refractivity contribution in [2.45, 2.75) is 51.4 Å². The minimum Gasteiger partial charge on any atom is -0.335 e. The van der Waals surface area contributed by atoms with Crippen LogP contribution < -0.4 is 0 Å². The molecule has 0 radical (unpaired) electrons. The molecule has 10 heteroatoms. The van der Waals surface area contributed by atoms with Crippen LogP contribution in [0.3, 0.4) is 0 Å². The second-order valence-corrected chi connectivity index (χ2v) is 11.6. The average molecular weight is 577 g/mol. The first kappa shape index (κ1) is 28.5. The lowest BCUT2D eigenvalue weighted by atomic mass is 9.89. The Morgan fingerprint density at radius 2 is 1.52 bits per heavy atom. The minimum atomic E-state index is -4.33. The second kappa shape index (κ2) is 11.9. The first-order chi connectivity index (χ1) is 20.2. The SMILES string of the molecule is Cc1ccc(CN2CCC(c3cnc4c(c3)CC(C(=O)N3CCN(Cc5ccc(C(F)(F)F)cc5)CC3)=N4)CC2)cn1. The number of rotatable bonds is 6. The number of carbonyl (C=O) groups is 1. The fraction of sp³-hybridized carbons (Fsp3) is 0.438. The van der Waals surface area contributed by atoms with Crippen LogP contribution in [0.5, 0.6) is 0 Å². The van der Waals surface area contributed by atoms with E-state index in [0.717, 1.165) is 61.4 Å². The summed E-state index contributed by atoms with van der Waals surface area (Å²) in [5.74, 6) is 1.04. The number of pyridine rings is 2. The Kier molecular flexibility index (Phi) is 8.09. The Balaban J connectivity index is 0.979. The van der Waals surface area contributed by atoms with Crippen molar-refractivity contribution in [3.05, 3.63) is 88.4 Å². The standard InChI is InChI=1S/C32H35F3N6O/c1-22-2-3-24(18-36-22)21-39-10-8-25(9-11-39)27-16-26-17-29(38-30(26)37-19-27)31(42)41-14-12-40(13-15-41)20-23-4-6-28(7-5-23)32(33,34)35/h2-7,16,18-19,25H,8-15,17,20-21H2,1H3. The fourth-order valence-corrected chi connectivity index (χ4v) is 6.07. The van der Waals surface area contributed by atoms with Crippen LogP contribution in [-0.4, -0.2) is 75.6 Å². The van der Waals surface area contributed by atoms with Gasteiger partial charge in [-0.1, -0.05) is 18.2 Å². The third kappa shape index (κ3) is 6.55. The molecular weight excluding hydrogens is 541 g/mol. The number of amides is 1. The van der Waals surface area contributed by atoms with Crippen LogP contribution in [0.1, 0.15) is 52.3 Å². The number of hydrogen-bond donors (Lipinski definition) is 0. The molecule has 6 rings (SSSR count). The van der Waals surface area contributed by atoms with E-state index in [4.69, 9.17) is 0 Å². The van der Waals surface area contributed by atoms with Gasteiger partial charge in [0.1, 0.15) is 5.71 Å². The number of fused-ring (bicyclic) bond motifs is 1. The molecule has 0 N–H and O–H groups in total. The number of likely N-dealkylation sites (tertiary alicyclic amines) is 1. The molecule has 0 aliphatic carbocycles. The molecule has 220 valence electrons. The number of piperazine rings is 1. The van der Waals surface area contributed by atoms with Gasteiger partial charge >= 0.3 is 6.18 Å². The third-order valence-electron chi connectivity index (χ3n) is 8.59. The maximum atomic E-state index is 13.3. The highest BCUT2D eigenvalue weighted by Crippen LogP contribution is 2.33. The zero-order valence-corrected chi connectivity index (χ0v) is 23.8. The second-order valence-electron chi connectivity index (χ2n) is 11.6. The highest BCUT2D eigenvalue weighted by molar-refractivity contribution is 6.40. The number of benzene rings is 1. The molecule has 5 heterocycles. The van der Waals surface area contributed by atoms with Crippen molar-refractivity contribution in [1.29, 1.82) is 0 Å². The Bertz CT molecular complexity index is 1440. The molecule has 2 fully saturated rings. The molecule has 2 saturated heterocycles. The highest BCUT2D eigenvalue weighted by Gasteiger charge is 2.31. The van der Waals surface area contributed by atoms with Crippen LogP contribution >= 0.6 is 0 Å². The first-order valence-corrected chi connectivity index (χ1v) is 14.6. The number of alkyl halides is 3. The fourth-order valence-electron chi connectivity index (χ4n) is 6.07. The van der Waals surface area contributed by atoms with Gasteiger partial charge in [0.15, 0.2) is 5.82 Å². The Morgan fingerprint density at radius 3 is 2.19 bits per heavy atom. The summed E-state index contributed by atoms with van der Waals surface area (Å²) in [6, 6.07) is 11.7. The van der Waals surface area contributed by atoms with Crippen LogP contribution in [-0.2, 0) is 30.5 Å². The van der Waals surface area contributed by atoms with Gasteiger partial charge in [0.2, 0.25) is 0 Å². The van der Waals surface area contributed by atoms with E-state index in [-0.39, 0.29) is 5.91 Å². The van der Waals surface area contributed by atoms with Crippen LogP contribution in [0.2, 0.25) is 0 Å². The summed E-state index contributed by atoms with van der Waals surface area (Å²) >= 11 is 0. The lowest BCUT2D eigenvalue weighted by molar-refractivity contribution is -0.137. The monoisotopic (exact) mass is 576 g/mol. The summed E-state index contributed by atoms with van der Waals surface area (Å²) in [5.41, 5.74) is 5.25. The molecule has 1 amide bonds. The molecule has 3 aromatic rings. The van der Waals surface area contributed by atoms with Crippen molar-refractivity contribution < 1.29 is 18.0 Å². The number of hydrogen-bond acceptors (Lipinski definition) is 6. The molecular formula is C32H35F3N6O. The largest absolute Gasteiger partial charge is 0.416 e. The van der Waals surface area contributed by atoms with E-state index >= 15 is 0 Å². The molecule has 0 unspecified atom stereocenters. The summed E-state index contributed by atoms with van der Waals surface area (Å²) in [4.78, 5) is 33.4. The van der Waals surface area contributed by atoms with Gasteiger partial charge < -0.3 is 4.90 Å². The van der Waals surface area contributed by atoms with Crippen molar-refractivity contribution in [3.63, 3.8) is 0 Å². The molecule has 2 aromatic heterocycles. The summed E-state index contributed by atoms with van der Waals surface area (Å²) in [6.45, 7) is 7.98. The normalized spacial score (nSPS) is 18.7. The van der Waals surface area contributed by atoms with Gasteiger partial charge in [-0.3, -0.25) is 19.6 Å². The Hall–Kier alpha value is -3.63. The molecule has 7 nitrogen and oxygen atoms in total. The number of nitrogens with zero attached hydrogens (tertiary/aromatic N) is 6. The van der Waals surface area contributed by atoms with Gasteiger partial charge in [-0.15, -0.1) is 0 Å². The topological polar surface area (TPSA) is 64.9 Å². The zero-order valence-electron chi connectivity index (χ0n) is 23.8. The van der Waals surface area contributed by atoms with E-state index in [1.54, 1.807) is 0 Å². The molecule has 0 bridgehead atoms. The van der Waals surface area contributed by atoms with E-state index in [2.05, 4.69) is 43.0 Å². The molecule has 0 saturated carbocycles. The smallest absolute Gasteiger partial charge is 0.335 e. The number of aryl methyl sites for hydroxylation is 1. The lowest BCUT2D eigenvalue weighted by Crippen LogP contribution is -2.50. The molecule has 0 atom stereocenters. The molecule has 3 aliphatic rings. The van der Waals surface area contributed by atoms with Gasteiger partial charge in [-0.25, -0.2) is 9.98 Å². The van der Waals surface area contributed by atoms with Crippen molar-refractivity contribution in [2.24, 2.45) is 4.99 Å². The van der Waals surface area contributed by atoms with Gasteiger partial charge in [0, 0.05) is 69.3 Å². The van der Waals surface area contributed by atoms with E-state index in [0.29, 0.717) is 56.6 Å². The van der Waals surface area contributed by atoms with Gasteiger partial charge in [-0.05, 0) is 79.7 Å². The number of aromatic nitrogens is 2. The summed E-state index contributed by atoms with van der Waals surface area (Å²) in [6.07, 6.45) is 2.21. The van der Waals surface area contributed by atoms with E-state index in [1.807, 2.05) is 24.2 Å². The maximum absolute atomic E-state index is 13.3. The predicted octanol–water partition coefficient (Wildman–Crippen LogP) is 5.16. The van der Waals surface area contributed by atoms with Crippen molar-refractivity contribution in [1.82, 2.24) is 24.7 Å². The molecule has 3 aliphatic heterocycles. The van der Waals surface area contributed by atoms with Gasteiger partial charge in [0.05, 0.1) is 5.56 Å². The summed E-state index contributed by atoms with van der Waals surface area (Å²) < 4.78 is 38.5. The summed E-state index contributed by atoms with van der Waals surface area (Å²) in [7, 11) is 0. The number of aliphatic imine (C=N–C) groups is 1. The third-order valence-corrected chi connectivity index (χ3v) is 8.59.